The molecule has 0 atom stereocenters. The number of carboxylic acids is 1. The van der Waals surface area contributed by atoms with Gasteiger partial charge in [-0.2, -0.15) is 0 Å². The summed E-state index contributed by atoms with van der Waals surface area (Å²) in [5.41, 5.74) is 3.47. The number of carbonyl (C=O) groups excluding carboxylic acids is 1. The highest BCUT2D eigenvalue weighted by Crippen LogP contribution is 2.30. The van der Waals surface area contributed by atoms with Gasteiger partial charge in [-0.05, 0) is 47.0 Å². The smallest absolute Gasteiger partial charge is 0.120 e. The number of ether oxygens (including phenoxy) is 1. The molecular formula is C24H18NO3S-. The van der Waals surface area contributed by atoms with Crippen LogP contribution in [-0.2, 0) is 11.4 Å². The van der Waals surface area contributed by atoms with Crippen LogP contribution in [0.5, 0.6) is 5.75 Å². The Bertz CT molecular complexity index is 1110. The first-order valence-corrected chi connectivity index (χ1v) is 10.0. The molecule has 0 radical (unpaired) electrons. The molecule has 1 aromatic heterocycles. The molecule has 0 fully saturated rings. The number of fused-ring (bicyclic) bond motifs is 1. The molecule has 0 aliphatic rings. The van der Waals surface area contributed by atoms with Crippen LogP contribution in [0.2, 0.25) is 0 Å². The van der Waals surface area contributed by atoms with Gasteiger partial charge in [-0.1, -0.05) is 54.6 Å². The first kappa shape index (κ1) is 18.9. The second kappa shape index (κ2) is 8.71. The Hall–Kier alpha value is -3.44. The molecule has 0 N–H and O–H groups in total. The van der Waals surface area contributed by atoms with Crippen molar-refractivity contribution in [2.45, 2.75) is 13.0 Å². The van der Waals surface area contributed by atoms with E-state index in [4.69, 9.17) is 4.74 Å². The molecule has 4 nitrogen and oxygen atoms in total. The van der Waals surface area contributed by atoms with Crippen LogP contribution in [0.1, 0.15) is 22.6 Å². The van der Waals surface area contributed by atoms with Crippen LogP contribution in [0.15, 0.2) is 78.9 Å². The molecule has 0 saturated carbocycles. The molecule has 3 aromatic carbocycles. The van der Waals surface area contributed by atoms with Gasteiger partial charge in [0.05, 0.1) is 10.2 Å². The van der Waals surface area contributed by atoms with E-state index in [1.165, 1.54) is 11.3 Å². The average Bonchev–Trinajstić information content (AvgIpc) is 3.17. The third kappa shape index (κ3) is 4.89. The number of carbonyl (C=O) groups is 1. The van der Waals surface area contributed by atoms with Gasteiger partial charge in [-0.3, -0.25) is 0 Å². The lowest BCUT2D eigenvalue weighted by Gasteiger charge is -2.08. The fourth-order valence-electron chi connectivity index (χ4n) is 2.96. The second-order valence-electron chi connectivity index (χ2n) is 6.55. The molecule has 5 heteroatoms. The first-order chi connectivity index (χ1) is 14.2. The molecule has 0 bridgehead atoms. The molecule has 0 saturated heterocycles. The summed E-state index contributed by atoms with van der Waals surface area (Å²) in [4.78, 5) is 15.8. The van der Waals surface area contributed by atoms with Crippen LogP contribution < -0.4 is 9.84 Å². The molecule has 0 amide bonds. The molecule has 0 aliphatic carbocycles. The Morgan fingerprint density at radius 2 is 1.69 bits per heavy atom. The zero-order valence-electron chi connectivity index (χ0n) is 15.6. The summed E-state index contributed by atoms with van der Waals surface area (Å²) < 4.78 is 6.83. The number of carboxylic acid groups (broad SMARTS) is 1. The van der Waals surface area contributed by atoms with Gasteiger partial charge in [0.1, 0.15) is 17.4 Å². The van der Waals surface area contributed by atoms with E-state index in [2.05, 4.69) is 4.98 Å². The van der Waals surface area contributed by atoms with Gasteiger partial charge in [-0.15, -0.1) is 11.3 Å². The van der Waals surface area contributed by atoms with Crippen molar-refractivity contribution in [1.82, 2.24) is 4.98 Å². The van der Waals surface area contributed by atoms with Crippen molar-refractivity contribution in [3.63, 3.8) is 0 Å². The van der Waals surface area contributed by atoms with Gasteiger partial charge in [-0.25, -0.2) is 4.98 Å². The minimum Gasteiger partial charge on any atom is -0.550 e. The largest absolute Gasteiger partial charge is 0.550 e. The first-order valence-electron chi connectivity index (χ1n) is 9.20. The van der Waals surface area contributed by atoms with E-state index >= 15 is 0 Å². The van der Waals surface area contributed by atoms with Crippen LogP contribution >= 0.6 is 11.3 Å². The van der Waals surface area contributed by atoms with Crippen molar-refractivity contribution in [1.29, 1.82) is 0 Å². The number of thiazole rings is 1. The number of benzene rings is 3. The predicted molar refractivity (Wildman–Crippen MR) is 114 cm³/mol. The summed E-state index contributed by atoms with van der Waals surface area (Å²) in [5.74, 6) is -0.370. The van der Waals surface area contributed by atoms with E-state index in [-0.39, 0.29) is 6.42 Å². The summed E-state index contributed by atoms with van der Waals surface area (Å²) in [6, 6.07) is 25.3. The highest BCUT2D eigenvalue weighted by atomic mass is 32.1. The molecule has 0 spiro atoms. The van der Waals surface area contributed by atoms with Crippen LogP contribution in [0.3, 0.4) is 0 Å². The molecule has 144 valence electrons. The molecule has 4 aromatic rings. The monoisotopic (exact) mass is 400 g/mol. The van der Waals surface area contributed by atoms with Gasteiger partial charge >= 0.3 is 0 Å². The summed E-state index contributed by atoms with van der Waals surface area (Å²) in [7, 11) is 0. The number of para-hydroxylation sites is 1. The van der Waals surface area contributed by atoms with E-state index in [1.54, 1.807) is 0 Å². The fourth-order valence-corrected chi connectivity index (χ4v) is 3.94. The van der Waals surface area contributed by atoms with Crippen molar-refractivity contribution in [3.05, 3.63) is 95.0 Å². The highest BCUT2D eigenvalue weighted by Gasteiger charge is 2.10. The van der Waals surface area contributed by atoms with E-state index in [0.29, 0.717) is 17.2 Å². The minimum absolute atomic E-state index is 0.188. The van der Waals surface area contributed by atoms with Crippen LogP contribution in [0.25, 0.3) is 21.9 Å². The Kier molecular flexibility index (Phi) is 5.68. The summed E-state index contributed by atoms with van der Waals surface area (Å²) >= 11 is 1.48. The average molecular weight is 400 g/mol. The van der Waals surface area contributed by atoms with E-state index in [0.717, 1.165) is 27.1 Å². The van der Waals surface area contributed by atoms with Crippen LogP contribution in [-0.4, -0.2) is 11.0 Å². The molecule has 1 heterocycles. The van der Waals surface area contributed by atoms with Gasteiger partial charge in [0, 0.05) is 12.4 Å². The van der Waals surface area contributed by atoms with Gasteiger partial charge in [0.2, 0.25) is 0 Å². The quantitative estimate of drug-likeness (QED) is 0.456. The summed E-state index contributed by atoms with van der Waals surface area (Å²) in [6.07, 6.45) is 1.65. The number of aliphatic carboxylic acids is 1. The van der Waals surface area contributed by atoms with Crippen molar-refractivity contribution in [2.24, 2.45) is 0 Å². The standard InChI is InChI=1S/C24H19NO3S/c26-23(27)15-19(24-25-21-8-4-5-9-22(21)29-24)14-17-10-12-20(13-11-17)28-16-18-6-2-1-3-7-18/h1-14H,15-16H2,(H,26,27)/p-1/b19-14+. The maximum atomic E-state index is 11.3. The van der Waals surface area contributed by atoms with Crippen LogP contribution in [0, 0.1) is 0 Å². The Morgan fingerprint density at radius 3 is 2.41 bits per heavy atom. The predicted octanol–water partition coefficient (Wildman–Crippen LogP) is 4.56. The normalized spacial score (nSPS) is 11.5. The van der Waals surface area contributed by atoms with Gasteiger partial charge in [0.25, 0.3) is 0 Å². The fraction of sp³-hybridized carbons (Fsp3) is 0.0833. The molecule has 4 rings (SSSR count). The number of nitrogens with zero attached hydrogens (tertiary/aromatic N) is 1. The summed E-state index contributed by atoms with van der Waals surface area (Å²) in [5, 5.41) is 12.0. The summed E-state index contributed by atoms with van der Waals surface area (Å²) in [6.45, 7) is 0.498. The maximum Gasteiger partial charge on any atom is 0.120 e. The highest BCUT2D eigenvalue weighted by molar-refractivity contribution is 7.19. The number of rotatable bonds is 7. The zero-order valence-corrected chi connectivity index (χ0v) is 16.4. The molecular weight excluding hydrogens is 382 g/mol. The van der Waals surface area contributed by atoms with Crippen molar-refractivity contribution >= 4 is 39.2 Å². The van der Waals surface area contributed by atoms with Crippen molar-refractivity contribution < 1.29 is 14.6 Å². The van der Waals surface area contributed by atoms with E-state index < -0.39 is 5.97 Å². The lowest BCUT2D eigenvalue weighted by molar-refractivity contribution is -0.304. The Labute approximate surface area is 172 Å². The SMILES string of the molecule is O=C([O-])C/C(=C\c1ccc(OCc2ccccc2)cc1)c1nc2ccccc2s1. The lowest BCUT2D eigenvalue weighted by atomic mass is 10.1. The number of hydrogen-bond acceptors (Lipinski definition) is 5. The Morgan fingerprint density at radius 1 is 0.966 bits per heavy atom. The van der Waals surface area contributed by atoms with Gasteiger partial charge < -0.3 is 14.6 Å². The molecule has 0 unspecified atom stereocenters. The lowest BCUT2D eigenvalue weighted by Crippen LogP contribution is -2.22. The number of hydrogen-bond donors (Lipinski definition) is 0. The second-order valence-corrected chi connectivity index (χ2v) is 7.58. The van der Waals surface area contributed by atoms with Gasteiger partial charge in [0.15, 0.2) is 0 Å². The third-order valence-electron chi connectivity index (χ3n) is 4.37. The third-order valence-corrected chi connectivity index (χ3v) is 5.48. The van der Waals surface area contributed by atoms with E-state index in [9.17, 15) is 9.90 Å². The Balaban J connectivity index is 1.54. The minimum atomic E-state index is -1.13. The molecule has 0 aliphatic heterocycles. The van der Waals surface area contributed by atoms with Crippen LogP contribution in [0.4, 0.5) is 0 Å². The van der Waals surface area contributed by atoms with Crippen molar-refractivity contribution in [2.75, 3.05) is 0 Å². The zero-order chi connectivity index (χ0) is 20.1. The molecule has 29 heavy (non-hydrogen) atoms. The van der Waals surface area contributed by atoms with E-state index in [1.807, 2.05) is 84.9 Å². The topological polar surface area (TPSA) is 62.2 Å². The van der Waals surface area contributed by atoms with Crippen molar-refractivity contribution in [3.8, 4) is 5.75 Å². The number of aromatic nitrogens is 1. The maximum absolute atomic E-state index is 11.3.